The fourth-order valence-electron chi connectivity index (χ4n) is 2.18. The van der Waals surface area contributed by atoms with E-state index in [1.807, 2.05) is 0 Å². The summed E-state index contributed by atoms with van der Waals surface area (Å²) in [4.78, 5) is 16.3. The summed E-state index contributed by atoms with van der Waals surface area (Å²) in [6.45, 7) is -0.265. The third kappa shape index (κ3) is 4.33. The molecule has 0 saturated heterocycles. The van der Waals surface area contributed by atoms with Crippen LogP contribution in [0.25, 0.3) is 11.4 Å². The summed E-state index contributed by atoms with van der Waals surface area (Å²) in [5.74, 6) is -0.369. The maximum atomic E-state index is 12.2. The van der Waals surface area contributed by atoms with Gasteiger partial charge in [0.15, 0.2) is 6.61 Å². The van der Waals surface area contributed by atoms with Gasteiger partial charge in [-0.15, -0.1) is 0 Å². The van der Waals surface area contributed by atoms with Gasteiger partial charge in [0.2, 0.25) is 15.8 Å². The zero-order chi connectivity index (χ0) is 19.4. The van der Waals surface area contributed by atoms with Gasteiger partial charge in [-0.2, -0.15) is 4.98 Å². The van der Waals surface area contributed by atoms with Gasteiger partial charge in [0.05, 0.1) is 15.5 Å². The molecule has 0 radical (unpaired) electrons. The fourth-order valence-corrected chi connectivity index (χ4v) is 3.18. The molecule has 0 aliphatic heterocycles. The number of halogens is 1. The number of carbonyl (C=O) groups excluding carboxylic acids is 1. The van der Waals surface area contributed by atoms with Crippen LogP contribution in [0.5, 0.6) is 0 Å². The predicted octanol–water partition coefficient (Wildman–Crippen LogP) is 2.66. The van der Waals surface area contributed by atoms with Crippen molar-refractivity contribution in [1.29, 1.82) is 0 Å². The van der Waals surface area contributed by atoms with E-state index in [4.69, 9.17) is 20.9 Å². The quantitative estimate of drug-likeness (QED) is 0.625. The first-order valence-corrected chi connectivity index (χ1v) is 9.55. The molecule has 0 fully saturated rings. The lowest BCUT2D eigenvalue weighted by Crippen LogP contribution is -2.19. The standard InChI is InChI=1S/C17H14ClN3O5S/c1-19-27(23,24)12-6-4-5-11(9-12)17(22)25-10-15-20-16(21-26-15)13-7-2-3-8-14(13)18/h2-9,19H,10H2,1H3. The number of aromatic nitrogens is 2. The molecule has 1 heterocycles. The smallest absolute Gasteiger partial charge is 0.338 e. The molecule has 0 saturated carbocycles. The summed E-state index contributed by atoms with van der Waals surface area (Å²) < 4.78 is 36.0. The van der Waals surface area contributed by atoms with E-state index in [-0.39, 0.29) is 28.8 Å². The summed E-state index contributed by atoms with van der Waals surface area (Å²) in [6, 6.07) is 12.5. The molecule has 0 aliphatic rings. The van der Waals surface area contributed by atoms with Crippen LogP contribution in [0.2, 0.25) is 5.02 Å². The Morgan fingerprint density at radius 3 is 2.74 bits per heavy atom. The highest BCUT2D eigenvalue weighted by molar-refractivity contribution is 7.89. The third-order valence-corrected chi connectivity index (χ3v) is 5.30. The highest BCUT2D eigenvalue weighted by Gasteiger charge is 2.17. The Labute approximate surface area is 160 Å². The van der Waals surface area contributed by atoms with Gasteiger partial charge in [0.1, 0.15) is 0 Å². The number of hydrogen-bond donors (Lipinski definition) is 1. The van der Waals surface area contributed by atoms with Crippen LogP contribution in [0.15, 0.2) is 57.9 Å². The molecule has 3 aromatic rings. The highest BCUT2D eigenvalue weighted by atomic mass is 35.5. The predicted molar refractivity (Wildman–Crippen MR) is 96.6 cm³/mol. The molecule has 1 N–H and O–H groups in total. The van der Waals surface area contributed by atoms with Gasteiger partial charge in [-0.1, -0.05) is 35.0 Å². The van der Waals surface area contributed by atoms with Crippen LogP contribution in [0, 0.1) is 0 Å². The molecule has 140 valence electrons. The molecule has 0 atom stereocenters. The van der Waals surface area contributed by atoms with Crippen molar-refractivity contribution in [2.45, 2.75) is 11.5 Å². The number of rotatable bonds is 6. The second kappa shape index (κ2) is 7.87. The van der Waals surface area contributed by atoms with Crippen molar-refractivity contribution in [3.63, 3.8) is 0 Å². The lowest BCUT2D eigenvalue weighted by molar-refractivity contribution is 0.0429. The van der Waals surface area contributed by atoms with Gasteiger partial charge in [-0.25, -0.2) is 17.9 Å². The number of nitrogens with zero attached hydrogens (tertiary/aromatic N) is 2. The first kappa shape index (κ1) is 19.0. The number of nitrogens with one attached hydrogen (secondary N) is 1. The molecule has 0 spiro atoms. The minimum Gasteiger partial charge on any atom is -0.452 e. The Balaban J connectivity index is 1.70. The number of esters is 1. The summed E-state index contributed by atoms with van der Waals surface area (Å²) in [5.41, 5.74) is 0.669. The minimum atomic E-state index is -3.66. The Hall–Kier alpha value is -2.75. The van der Waals surface area contributed by atoms with Crippen LogP contribution in [-0.2, 0) is 21.4 Å². The molecule has 10 heteroatoms. The van der Waals surface area contributed by atoms with Crippen molar-refractivity contribution in [3.8, 4) is 11.4 Å². The van der Waals surface area contributed by atoms with Crippen LogP contribution in [0.1, 0.15) is 16.2 Å². The van der Waals surface area contributed by atoms with Crippen molar-refractivity contribution < 1.29 is 22.5 Å². The summed E-state index contributed by atoms with van der Waals surface area (Å²) >= 11 is 6.08. The van der Waals surface area contributed by atoms with Crippen LogP contribution in [-0.4, -0.2) is 31.6 Å². The maximum Gasteiger partial charge on any atom is 0.338 e. The van der Waals surface area contributed by atoms with Crippen molar-refractivity contribution in [2.75, 3.05) is 7.05 Å². The van der Waals surface area contributed by atoms with Gasteiger partial charge in [-0.05, 0) is 37.4 Å². The van der Waals surface area contributed by atoms with Gasteiger partial charge in [0, 0.05) is 5.56 Å². The van der Waals surface area contributed by atoms with E-state index >= 15 is 0 Å². The van der Waals surface area contributed by atoms with Crippen molar-refractivity contribution in [2.24, 2.45) is 0 Å². The minimum absolute atomic E-state index is 0.0433. The van der Waals surface area contributed by atoms with Gasteiger partial charge in [-0.3, -0.25) is 0 Å². The van der Waals surface area contributed by atoms with Crippen LogP contribution in [0.3, 0.4) is 0 Å². The topological polar surface area (TPSA) is 111 Å². The van der Waals surface area contributed by atoms with E-state index in [0.717, 1.165) is 0 Å². The van der Waals surface area contributed by atoms with Crippen molar-refractivity contribution in [1.82, 2.24) is 14.9 Å². The monoisotopic (exact) mass is 407 g/mol. The first-order valence-electron chi connectivity index (χ1n) is 7.69. The molecule has 27 heavy (non-hydrogen) atoms. The van der Waals surface area contributed by atoms with E-state index in [2.05, 4.69) is 14.9 Å². The Morgan fingerprint density at radius 1 is 1.22 bits per heavy atom. The maximum absolute atomic E-state index is 12.2. The van der Waals surface area contributed by atoms with Crippen molar-refractivity contribution >= 4 is 27.6 Å². The van der Waals surface area contributed by atoms with E-state index in [0.29, 0.717) is 10.6 Å². The lowest BCUT2D eigenvalue weighted by Gasteiger charge is -2.05. The molecule has 3 rings (SSSR count). The number of ether oxygens (including phenoxy) is 1. The number of hydrogen-bond acceptors (Lipinski definition) is 7. The molecule has 8 nitrogen and oxygen atoms in total. The molecule has 0 aliphatic carbocycles. The van der Waals surface area contributed by atoms with Crippen LogP contribution < -0.4 is 4.72 Å². The first-order chi connectivity index (χ1) is 12.9. The highest BCUT2D eigenvalue weighted by Crippen LogP contribution is 2.25. The second-order valence-electron chi connectivity index (χ2n) is 5.30. The Bertz CT molecular complexity index is 1080. The number of carbonyl (C=O) groups is 1. The summed E-state index contributed by atoms with van der Waals surface area (Å²) in [7, 11) is -2.38. The van der Waals surface area contributed by atoms with Crippen molar-refractivity contribution in [3.05, 3.63) is 65.0 Å². The zero-order valence-electron chi connectivity index (χ0n) is 14.0. The molecule has 0 unspecified atom stereocenters. The van der Waals surface area contributed by atoms with E-state index in [9.17, 15) is 13.2 Å². The largest absolute Gasteiger partial charge is 0.452 e. The fraction of sp³-hybridized carbons (Fsp3) is 0.118. The van der Waals surface area contributed by atoms with Gasteiger partial charge >= 0.3 is 5.97 Å². The van der Waals surface area contributed by atoms with E-state index in [1.54, 1.807) is 24.3 Å². The number of sulfonamides is 1. The average Bonchev–Trinajstić information content (AvgIpc) is 3.15. The molecule has 0 bridgehead atoms. The zero-order valence-corrected chi connectivity index (χ0v) is 15.6. The number of benzene rings is 2. The van der Waals surface area contributed by atoms with Gasteiger partial charge < -0.3 is 9.26 Å². The lowest BCUT2D eigenvalue weighted by atomic mass is 10.2. The van der Waals surface area contributed by atoms with Gasteiger partial charge in [0.25, 0.3) is 5.89 Å². The Morgan fingerprint density at radius 2 is 2.00 bits per heavy atom. The third-order valence-electron chi connectivity index (χ3n) is 3.56. The molecular weight excluding hydrogens is 394 g/mol. The van der Waals surface area contributed by atoms with Crippen LogP contribution >= 0.6 is 11.6 Å². The SMILES string of the molecule is CNS(=O)(=O)c1cccc(C(=O)OCc2nc(-c3ccccc3Cl)no2)c1. The summed E-state index contributed by atoms with van der Waals surface area (Å²) in [5, 5.41) is 4.27. The van der Waals surface area contributed by atoms with Crippen LogP contribution in [0.4, 0.5) is 0 Å². The molecule has 0 amide bonds. The normalized spacial score (nSPS) is 11.3. The molecular formula is C17H14ClN3O5S. The average molecular weight is 408 g/mol. The Kier molecular flexibility index (Phi) is 5.54. The van der Waals surface area contributed by atoms with E-state index < -0.39 is 16.0 Å². The summed E-state index contributed by atoms with van der Waals surface area (Å²) in [6.07, 6.45) is 0. The molecule has 1 aromatic heterocycles. The molecule has 2 aromatic carbocycles. The second-order valence-corrected chi connectivity index (χ2v) is 7.60. The van der Waals surface area contributed by atoms with E-state index in [1.165, 1.54) is 31.3 Å².